The van der Waals surface area contributed by atoms with Gasteiger partial charge in [-0.15, -0.1) is 11.3 Å². The summed E-state index contributed by atoms with van der Waals surface area (Å²) in [7, 11) is 1.36. The van der Waals surface area contributed by atoms with Gasteiger partial charge < -0.3 is 10.1 Å². The van der Waals surface area contributed by atoms with E-state index in [1.165, 1.54) is 12.0 Å². The van der Waals surface area contributed by atoms with Crippen LogP contribution in [0.3, 0.4) is 0 Å². The Morgan fingerprint density at radius 3 is 2.85 bits per heavy atom. The van der Waals surface area contributed by atoms with Gasteiger partial charge in [0.2, 0.25) is 0 Å². The van der Waals surface area contributed by atoms with Crippen LogP contribution in [0, 0.1) is 6.92 Å². The molecule has 2 rings (SSSR count). The number of rotatable bonds is 5. The van der Waals surface area contributed by atoms with Crippen molar-refractivity contribution in [1.82, 2.24) is 9.97 Å². The fourth-order valence-electron chi connectivity index (χ4n) is 1.74. The van der Waals surface area contributed by atoms with Gasteiger partial charge in [0.25, 0.3) is 0 Å². The van der Waals surface area contributed by atoms with Crippen molar-refractivity contribution in [3.8, 4) is 0 Å². The molecule has 0 atom stereocenters. The van der Waals surface area contributed by atoms with Gasteiger partial charge >= 0.3 is 5.97 Å². The molecule has 0 unspecified atom stereocenters. The van der Waals surface area contributed by atoms with E-state index in [4.69, 9.17) is 4.74 Å². The highest BCUT2D eigenvalue weighted by Gasteiger charge is 2.10. The van der Waals surface area contributed by atoms with E-state index in [9.17, 15) is 4.79 Å². The highest BCUT2D eigenvalue weighted by Crippen LogP contribution is 2.16. The van der Waals surface area contributed by atoms with Crippen LogP contribution in [0.5, 0.6) is 0 Å². The van der Waals surface area contributed by atoms with Crippen LogP contribution in [-0.2, 0) is 17.7 Å². The van der Waals surface area contributed by atoms with Gasteiger partial charge in [0.15, 0.2) is 0 Å². The number of nitrogens with one attached hydrogen (secondary N) is 1. The Bertz CT molecular complexity index is 610. The van der Waals surface area contributed by atoms with Gasteiger partial charge in [-0.2, -0.15) is 0 Å². The molecule has 0 saturated heterocycles. The molecule has 0 amide bonds. The number of pyridine rings is 1. The molecular formula is C14H17N3O2S. The second kappa shape index (κ2) is 6.47. The molecule has 106 valence electrons. The number of thiazole rings is 1. The van der Waals surface area contributed by atoms with Crippen molar-refractivity contribution in [2.75, 3.05) is 12.4 Å². The normalized spacial score (nSPS) is 10.3. The lowest BCUT2D eigenvalue weighted by Gasteiger charge is -2.07. The first-order chi connectivity index (χ1) is 9.63. The van der Waals surface area contributed by atoms with Crippen LogP contribution >= 0.6 is 11.3 Å². The number of esters is 1. The maximum atomic E-state index is 11.5. The monoisotopic (exact) mass is 291 g/mol. The highest BCUT2D eigenvalue weighted by atomic mass is 32.1. The second-order valence-electron chi connectivity index (χ2n) is 4.25. The molecule has 0 spiro atoms. The Labute approximate surface area is 122 Å². The number of hydrogen-bond acceptors (Lipinski definition) is 6. The van der Waals surface area contributed by atoms with E-state index in [2.05, 4.69) is 22.2 Å². The van der Waals surface area contributed by atoms with E-state index >= 15 is 0 Å². The van der Waals surface area contributed by atoms with Crippen LogP contribution in [-0.4, -0.2) is 23.0 Å². The Morgan fingerprint density at radius 1 is 1.45 bits per heavy atom. The fraction of sp³-hybridized carbons (Fsp3) is 0.357. The largest absolute Gasteiger partial charge is 0.465 e. The maximum Gasteiger partial charge on any atom is 0.339 e. The fourth-order valence-corrected chi connectivity index (χ4v) is 2.55. The summed E-state index contributed by atoms with van der Waals surface area (Å²) in [5.74, 6) is 0.359. The molecule has 0 aliphatic carbocycles. The SMILES string of the molecule is CCc1cnc(CNc2ccc(C(=O)OC)c(C)n2)s1. The zero-order chi connectivity index (χ0) is 14.5. The van der Waals surface area contributed by atoms with Crippen LogP contribution in [0.4, 0.5) is 5.82 Å². The molecule has 2 aromatic rings. The third kappa shape index (κ3) is 3.33. The number of aromatic nitrogens is 2. The van der Waals surface area contributed by atoms with Crippen LogP contribution in [0.2, 0.25) is 0 Å². The summed E-state index contributed by atoms with van der Waals surface area (Å²) >= 11 is 1.69. The molecule has 5 nitrogen and oxygen atoms in total. The van der Waals surface area contributed by atoms with Crippen molar-refractivity contribution in [2.24, 2.45) is 0 Å². The maximum absolute atomic E-state index is 11.5. The summed E-state index contributed by atoms with van der Waals surface area (Å²) < 4.78 is 4.69. The number of nitrogens with zero attached hydrogens (tertiary/aromatic N) is 2. The summed E-state index contributed by atoms with van der Waals surface area (Å²) in [6.45, 7) is 4.53. The quantitative estimate of drug-likeness (QED) is 0.858. The number of carbonyl (C=O) groups excluding carboxylic acids is 1. The molecule has 20 heavy (non-hydrogen) atoms. The number of anilines is 1. The van der Waals surface area contributed by atoms with Crippen LogP contribution < -0.4 is 5.32 Å². The molecule has 0 saturated carbocycles. The van der Waals surface area contributed by atoms with Crippen LogP contribution in [0.15, 0.2) is 18.3 Å². The van der Waals surface area contributed by atoms with Crippen molar-refractivity contribution < 1.29 is 9.53 Å². The zero-order valence-corrected chi connectivity index (χ0v) is 12.6. The average Bonchev–Trinajstić information content (AvgIpc) is 2.92. The first-order valence-corrected chi connectivity index (χ1v) is 7.19. The smallest absolute Gasteiger partial charge is 0.339 e. The van der Waals surface area contributed by atoms with E-state index < -0.39 is 0 Å². The molecule has 1 N–H and O–H groups in total. The summed E-state index contributed by atoms with van der Waals surface area (Å²) in [5.41, 5.74) is 1.14. The lowest BCUT2D eigenvalue weighted by atomic mass is 10.2. The predicted octanol–water partition coefficient (Wildman–Crippen LogP) is 2.81. The number of ether oxygens (including phenoxy) is 1. The summed E-state index contributed by atoms with van der Waals surface area (Å²) in [5, 5.41) is 4.23. The third-order valence-electron chi connectivity index (χ3n) is 2.86. The predicted molar refractivity (Wildman–Crippen MR) is 79.1 cm³/mol. The minimum absolute atomic E-state index is 0.367. The lowest BCUT2D eigenvalue weighted by Crippen LogP contribution is -2.07. The van der Waals surface area contributed by atoms with E-state index in [1.807, 2.05) is 6.20 Å². The minimum Gasteiger partial charge on any atom is -0.465 e. The first kappa shape index (κ1) is 14.5. The molecule has 2 heterocycles. The Balaban J connectivity index is 2.03. The molecule has 0 aliphatic rings. The van der Waals surface area contributed by atoms with Crippen molar-refractivity contribution >= 4 is 23.1 Å². The number of aryl methyl sites for hydroxylation is 2. The standard InChI is InChI=1S/C14H17N3O2S/c1-4-10-7-16-13(20-10)8-15-12-6-5-11(9(2)17-12)14(18)19-3/h5-7H,4,8H2,1-3H3,(H,15,17). The van der Waals surface area contributed by atoms with Gasteiger partial charge in [-0.3, -0.25) is 0 Å². The van der Waals surface area contributed by atoms with Gasteiger partial charge in [0.05, 0.1) is 24.9 Å². The van der Waals surface area contributed by atoms with E-state index in [-0.39, 0.29) is 5.97 Å². The molecule has 0 aliphatic heterocycles. The van der Waals surface area contributed by atoms with Gasteiger partial charge in [0.1, 0.15) is 10.8 Å². The van der Waals surface area contributed by atoms with Crippen LogP contribution in [0.25, 0.3) is 0 Å². The summed E-state index contributed by atoms with van der Waals surface area (Å²) in [6.07, 6.45) is 2.91. The van der Waals surface area contributed by atoms with E-state index in [1.54, 1.807) is 30.4 Å². The topological polar surface area (TPSA) is 64.1 Å². The molecule has 0 fully saturated rings. The Hall–Kier alpha value is -1.95. The van der Waals surface area contributed by atoms with E-state index in [0.29, 0.717) is 17.8 Å². The minimum atomic E-state index is -0.367. The number of hydrogen-bond donors (Lipinski definition) is 1. The van der Waals surface area contributed by atoms with Crippen molar-refractivity contribution in [1.29, 1.82) is 0 Å². The number of methoxy groups -OCH3 is 1. The van der Waals surface area contributed by atoms with E-state index in [0.717, 1.165) is 17.2 Å². The van der Waals surface area contributed by atoms with Crippen LogP contribution in [0.1, 0.15) is 32.9 Å². The van der Waals surface area contributed by atoms with Gasteiger partial charge in [0, 0.05) is 11.1 Å². The first-order valence-electron chi connectivity index (χ1n) is 6.37. The number of carbonyl (C=O) groups is 1. The molecular weight excluding hydrogens is 274 g/mol. The average molecular weight is 291 g/mol. The molecule has 0 bridgehead atoms. The Morgan fingerprint density at radius 2 is 2.25 bits per heavy atom. The van der Waals surface area contributed by atoms with Gasteiger partial charge in [-0.05, 0) is 25.5 Å². The second-order valence-corrected chi connectivity index (χ2v) is 5.45. The van der Waals surface area contributed by atoms with Gasteiger partial charge in [-0.25, -0.2) is 14.8 Å². The zero-order valence-electron chi connectivity index (χ0n) is 11.8. The lowest BCUT2D eigenvalue weighted by molar-refractivity contribution is 0.0599. The highest BCUT2D eigenvalue weighted by molar-refractivity contribution is 7.11. The third-order valence-corrected chi connectivity index (χ3v) is 4.00. The molecule has 6 heteroatoms. The molecule has 2 aromatic heterocycles. The molecule has 0 aromatic carbocycles. The van der Waals surface area contributed by atoms with Gasteiger partial charge in [-0.1, -0.05) is 6.92 Å². The summed E-state index contributed by atoms with van der Waals surface area (Å²) in [4.78, 5) is 21.4. The Kier molecular flexibility index (Phi) is 4.68. The van der Waals surface area contributed by atoms with Crippen molar-refractivity contribution in [2.45, 2.75) is 26.8 Å². The van der Waals surface area contributed by atoms with Crippen molar-refractivity contribution in [3.05, 3.63) is 39.5 Å². The summed E-state index contributed by atoms with van der Waals surface area (Å²) in [6, 6.07) is 3.49. The van der Waals surface area contributed by atoms with Crippen molar-refractivity contribution in [3.63, 3.8) is 0 Å². The molecule has 0 radical (unpaired) electrons.